The molecule has 0 aromatic heterocycles. The summed E-state index contributed by atoms with van der Waals surface area (Å²) in [5.74, 6) is 1.69. The van der Waals surface area contributed by atoms with Gasteiger partial charge in [-0.2, -0.15) is 0 Å². The predicted octanol–water partition coefficient (Wildman–Crippen LogP) is 0.898. The fourth-order valence-corrected chi connectivity index (χ4v) is 0.900. The Balaban J connectivity index is 4.74. The highest BCUT2D eigenvalue weighted by atomic mass is 16.6. The van der Waals surface area contributed by atoms with Crippen molar-refractivity contribution in [3.63, 3.8) is 0 Å². The van der Waals surface area contributed by atoms with Crippen LogP contribution in [0.4, 0.5) is 4.79 Å². The molecule has 2 amide bonds. The second-order valence-corrected chi connectivity index (χ2v) is 4.25. The first-order chi connectivity index (χ1) is 7.81. The van der Waals surface area contributed by atoms with Crippen molar-refractivity contribution in [1.29, 1.82) is 0 Å². The van der Waals surface area contributed by atoms with E-state index in [1.54, 1.807) is 20.8 Å². The Labute approximate surface area is 102 Å². The van der Waals surface area contributed by atoms with Crippen LogP contribution in [0.1, 0.15) is 20.8 Å². The van der Waals surface area contributed by atoms with E-state index in [-0.39, 0.29) is 13.1 Å². The smallest absolute Gasteiger partial charge is 0.418 e. The van der Waals surface area contributed by atoms with Gasteiger partial charge >= 0.3 is 6.09 Å². The Morgan fingerprint density at radius 1 is 1.47 bits per heavy atom. The second-order valence-electron chi connectivity index (χ2n) is 4.25. The predicted molar refractivity (Wildman–Crippen MR) is 65.0 cm³/mol. The van der Waals surface area contributed by atoms with E-state index in [1.807, 2.05) is 0 Å². The van der Waals surface area contributed by atoms with E-state index in [1.165, 1.54) is 12.2 Å². The van der Waals surface area contributed by atoms with E-state index in [9.17, 15) is 9.59 Å². The molecule has 0 aliphatic carbocycles. The van der Waals surface area contributed by atoms with Crippen LogP contribution in [-0.2, 0) is 9.53 Å². The molecule has 0 saturated carbocycles. The largest absolute Gasteiger partial charge is 0.443 e. The van der Waals surface area contributed by atoms with Crippen molar-refractivity contribution < 1.29 is 14.3 Å². The molecule has 0 aromatic carbocycles. The number of amides is 2. The van der Waals surface area contributed by atoms with Gasteiger partial charge in [0, 0.05) is 12.6 Å². The maximum atomic E-state index is 11.7. The van der Waals surface area contributed by atoms with Gasteiger partial charge in [-0.1, -0.05) is 12.0 Å². The average Bonchev–Trinajstić information content (AvgIpc) is 2.19. The summed E-state index contributed by atoms with van der Waals surface area (Å²) in [7, 11) is 0. The second kappa shape index (κ2) is 6.71. The van der Waals surface area contributed by atoms with Gasteiger partial charge in [0.15, 0.2) is 0 Å². The average molecular weight is 238 g/mol. The molecule has 0 heterocycles. The number of imide groups is 1. The molecule has 94 valence electrons. The first-order valence-electron chi connectivity index (χ1n) is 5.16. The Morgan fingerprint density at radius 2 is 2.06 bits per heavy atom. The maximum absolute atomic E-state index is 11.7. The normalized spacial score (nSPS) is 11.0. The highest BCUT2D eigenvalue weighted by Gasteiger charge is 2.24. The highest BCUT2D eigenvalue weighted by molar-refractivity contribution is 5.98. The number of carbonyl (C=O) groups excluding carboxylic acids is 2. The molecule has 5 heteroatoms. The van der Waals surface area contributed by atoms with Gasteiger partial charge in [-0.3, -0.25) is 4.79 Å². The third kappa shape index (κ3) is 6.38. The number of hydrogen-bond donors (Lipinski definition) is 1. The van der Waals surface area contributed by atoms with Crippen molar-refractivity contribution in [2.45, 2.75) is 26.4 Å². The fourth-order valence-electron chi connectivity index (χ4n) is 0.900. The van der Waals surface area contributed by atoms with Crippen LogP contribution in [0.25, 0.3) is 0 Å². The van der Waals surface area contributed by atoms with Crippen LogP contribution in [0.3, 0.4) is 0 Å². The molecule has 0 unspecified atom stereocenters. The highest BCUT2D eigenvalue weighted by Crippen LogP contribution is 2.10. The van der Waals surface area contributed by atoms with Gasteiger partial charge < -0.3 is 10.5 Å². The Kier molecular flexibility index (Phi) is 6.00. The quantitative estimate of drug-likeness (QED) is 0.585. The first kappa shape index (κ1) is 15.2. The first-order valence-corrected chi connectivity index (χ1v) is 5.16. The Hall–Kier alpha value is -1.80. The summed E-state index contributed by atoms with van der Waals surface area (Å²) in [5, 5.41) is 0. The van der Waals surface area contributed by atoms with Gasteiger partial charge in [-0.05, 0) is 20.8 Å². The monoisotopic (exact) mass is 238 g/mol. The van der Waals surface area contributed by atoms with Gasteiger partial charge in [-0.25, -0.2) is 9.69 Å². The maximum Gasteiger partial charge on any atom is 0.418 e. The molecule has 0 bridgehead atoms. The van der Waals surface area contributed by atoms with E-state index in [0.717, 1.165) is 4.90 Å². The number of nitrogens with zero attached hydrogens (tertiary/aromatic N) is 1. The number of ether oxygens (including phenoxy) is 1. The van der Waals surface area contributed by atoms with E-state index in [2.05, 4.69) is 5.92 Å². The molecule has 0 spiro atoms. The number of hydrogen-bond acceptors (Lipinski definition) is 4. The summed E-state index contributed by atoms with van der Waals surface area (Å²) in [5.41, 5.74) is 4.54. The Bertz CT molecular complexity index is 348. The number of terminal acetylenes is 1. The topological polar surface area (TPSA) is 72.6 Å². The van der Waals surface area contributed by atoms with Gasteiger partial charge in [0.25, 0.3) is 5.91 Å². The van der Waals surface area contributed by atoms with E-state index in [0.29, 0.717) is 0 Å². The minimum atomic E-state index is -0.762. The number of rotatable bonds is 3. The van der Waals surface area contributed by atoms with Crippen molar-refractivity contribution >= 4 is 12.0 Å². The van der Waals surface area contributed by atoms with E-state index in [4.69, 9.17) is 16.9 Å². The zero-order chi connectivity index (χ0) is 13.5. The fraction of sp³-hybridized carbons (Fsp3) is 0.500. The summed E-state index contributed by atoms with van der Waals surface area (Å²) in [6, 6.07) is 0. The summed E-state index contributed by atoms with van der Waals surface area (Å²) < 4.78 is 5.06. The molecule has 0 aromatic rings. The van der Waals surface area contributed by atoms with Crippen LogP contribution in [0, 0.1) is 12.3 Å². The van der Waals surface area contributed by atoms with Gasteiger partial charge in [-0.15, -0.1) is 6.42 Å². The van der Waals surface area contributed by atoms with E-state index < -0.39 is 17.6 Å². The van der Waals surface area contributed by atoms with Crippen LogP contribution in [0.15, 0.2) is 12.2 Å². The summed E-state index contributed by atoms with van der Waals surface area (Å²) in [4.78, 5) is 24.1. The molecule has 2 N–H and O–H groups in total. The molecule has 17 heavy (non-hydrogen) atoms. The molecular weight excluding hydrogens is 220 g/mol. The minimum Gasteiger partial charge on any atom is -0.443 e. The molecule has 0 aliphatic heterocycles. The lowest BCUT2D eigenvalue weighted by molar-refractivity contribution is -0.124. The lowest BCUT2D eigenvalue weighted by Gasteiger charge is -2.24. The molecule has 0 saturated heterocycles. The molecule has 0 radical (unpaired) electrons. The van der Waals surface area contributed by atoms with Crippen LogP contribution in [0.5, 0.6) is 0 Å². The molecule has 0 rings (SSSR count). The molecular formula is C12H18N2O3. The third-order valence-electron chi connectivity index (χ3n) is 1.53. The van der Waals surface area contributed by atoms with Crippen LogP contribution < -0.4 is 5.73 Å². The lowest BCUT2D eigenvalue weighted by atomic mass is 10.2. The molecule has 0 fully saturated rings. The number of carbonyl (C=O) groups is 2. The number of nitrogens with two attached hydrogens (primary N) is 1. The van der Waals surface area contributed by atoms with Gasteiger partial charge in [0.1, 0.15) is 5.60 Å². The van der Waals surface area contributed by atoms with Crippen molar-refractivity contribution in [2.24, 2.45) is 5.73 Å². The van der Waals surface area contributed by atoms with Crippen LogP contribution >= 0.6 is 0 Å². The van der Waals surface area contributed by atoms with Crippen molar-refractivity contribution in [3.8, 4) is 12.3 Å². The third-order valence-corrected chi connectivity index (χ3v) is 1.53. The van der Waals surface area contributed by atoms with E-state index >= 15 is 0 Å². The Morgan fingerprint density at radius 3 is 2.47 bits per heavy atom. The van der Waals surface area contributed by atoms with Crippen molar-refractivity contribution in [2.75, 3.05) is 13.1 Å². The van der Waals surface area contributed by atoms with Crippen molar-refractivity contribution in [1.82, 2.24) is 4.90 Å². The van der Waals surface area contributed by atoms with Gasteiger partial charge in [0.05, 0.1) is 6.54 Å². The summed E-state index contributed by atoms with van der Waals surface area (Å²) in [6.45, 7) is 5.20. The van der Waals surface area contributed by atoms with Crippen molar-refractivity contribution in [3.05, 3.63) is 12.2 Å². The summed E-state index contributed by atoms with van der Waals surface area (Å²) in [6.07, 6.45) is 6.97. The zero-order valence-electron chi connectivity index (χ0n) is 10.4. The molecule has 0 atom stereocenters. The van der Waals surface area contributed by atoms with Crippen LogP contribution in [0.2, 0.25) is 0 Å². The lowest BCUT2D eigenvalue weighted by Crippen LogP contribution is -2.40. The SMILES string of the molecule is C#CCN(C(=O)/C=C/CN)C(=O)OC(C)(C)C. The standard InChI is InChI=1S/C12H18N2O3/c1-5-9-14(10(15)7-6-8-13)11(16)17-12(2,3)4/h1,6-7H,8-9,13H2,2-4H3/b7-6+. The molecule has 5 nitrogen and oxygen atoms in total. The molecule has 0 aliphatic rings. The summed E-state index contributed by atoms with van der Waals surface area (Å²) >= 11 is 0. The minimum absolute atomic E-state index is 0.136. The van der Waals surface area contributed by atoms with Gasteiger partial charge in [0.2, 0.25) is 0 Å². The zero-order valence-corrected chi connectivity index (χ0v) is 10.4. The van der Waals surface area contributed by atoms with Crippen LogP contribution in [-0.4, -0.2) is 35.6 Å².